The first-order valence-electron chi connectivity index (χ1n) is 4.29. The Morgan fingerprint density at radius 2 is 2.27 bits per heavy atom. The molecular weight excluding hydrogens is 134 g/mol. The standard InChI is InChI=1S/C10H17N/c1-8-6-4-5-7-10(8)9(2)11-3/h5,7,9,11H,4,6H2,1-3H3. The zero-order valence-electron chi connectivity index (χ0n) is 7.65. The average Bonchev–Trinajstić information content (AvgIpc) is 2.04. The Labute approximate surface area is 69.2 Å². The van der Waals surface area contributed by atoms with Crippen LogP contribution in [0.25, 0.3) is 0 Å². The number of likely N-dealkylation sites (N-methyl/N-ethyl adjacent to an activating group) is 1. The summed E-state index contributed by atoms with van der Waals surface area (Å²) in [4.78, 5) is 0. The van der Waals surface area contributed by atoms with Gasteiger partial charge in [0.2, 0.25) is 0 Å². The molecular formula is C10H17N. The largest absolute Gasteiger partial charge is 0.313 e. The highest BCUT2D eigenvalue weighted by Gasteiger charge is 2.08. The van der Waals surface area contributed by atoms with Crippen LogP contribution in [0.2, 0.25) is 0 Å². The second kappa shape index (κ2) is 3.72. The summed E-state index contributed by atoms with van der Waals surface area (Å²) in [6, 6.07) is 0.506. The highest BCUT2D eigenvalue weighted by atomic mass is 14.9. The van der Waals surface area contributed by atoms with E-state index in [1.807, 2.05) is 7.05 Å². The van der Waals surface area contributed by atoms with Crippen LogP contribution in [-0.4, -0.2) is 13.1 Å². The molecule has 0 saturated heterocycles. The molecule has 1 aliphatic carbocycles. The lowest BCUT2D eigenvalue weighted by molar-refractivity contribution is 0.688. The van der Waals surface area contributed by atoms with Gasteiger partial charge >= 0.3 is 0 Å². The first kappa shape index (κ1) is 8.54. The predicted octanol–water partition coefficient (Wildman–Crippen LogP) is 2.26. The molecule has 1 heteroatoms. The molecule has 0 bridgehead atoms. The zero-order valence-corrected chi connectivity index (χ0v) is 7.65. The topological polar surface area (TPSA) is 12.0 Å². The molecule has 11 heavy (non-hydrogen) atoms. The SMILES string of the molecule is CNC(C)C1=C(C)CCC=C1. The smallest absolute Gasteiger partial charge is 0.0288 e. The Balaban J connectivity index is 2.75. The minimum absolute atomic E-state index is 0.506. The van der Waals surface area contributed by atoms with Crippen molar-refractivity contribution in [3.63, 3.8) is 0 Å². The molecule has 0 aromatic heterocycles. The van der Waals surface area contributed by atoms with Gasteiger partial charge in [0.1, 0.15) is 0 Å². The molecule has 1 nitrogen and oxygen atoms in total. The summed E-state index contributed by atoms with van der Waals surface area (Å²) in [7, 11) is 2.01. The van der Waals surface area contributed by atoms with Gasteiger partial charge in [-0.15, -0.1) is 0 Å². The van der Waals surface area contributed by atoms with E-state index in [4.69, 9.17) is 0 Å². The van der Waals surface area contributed by atoms with Crippen LogP contribution in [0, 0.1) is 0 Å². The Kier molecular flexibility index (Phi) is 2.89. The second-order valence-corrected chi connectivity index (χ2v) is 3.19. The minimum Gasteiger partial charge on any atom is -0.313 e. The van der Waals surface area contributed by atoms with Gasteiger partial charge in [-0.2, -0.15) is 0 Å². The molecule has 62 valence electrons. The van der Waals surface area contributed by atoms with E-state index in [1.165, 1.54) is 24.0 Å². The first-order valence-corrected chi connectivity index (χ1v) is 4.29. The van der Waals surface area contributed by atoms with Crippen LogP contribution in [0.3, 0.4) is 0 Å². The van der Waals surface area contributed by atoms with Crippen molar-refractivity contribution in [1.29, 1.82) is 0 Å². The molecule has 1 atom stereocenters. The summed E-state index contributed by atoms with van der Waals surface area (Å²) in [5.41, 5.74) is 3.01. The van der Waals surface area contributed by atoms with E-state index in [2.05, 4.69) is 31.3 Å². The van der Waals surface area contributed by atoms with E-state index in [-0.39, 0.29) is 0 Å². The number of hydrogen-bond donors (Lipinski definition) is 1. The van der Waals surface area contributed by atoms with Crippen LogP contribution in [0.4, 0.5) is 0 Å². The van der Waals surface area contributed by atoms with Gasteiger partial charge < -0.3 is 5.32 Å². The summed E-state index contributed by atoms with van der Waals surface area (Å²) >= 11 is 0. The van der Waals surface area contributed by atoms with Crippen molar-refractivity contribution < 1.29 is 0 Å². The normalized spacial score (nSPS) is 20.6. The van der Waals surface area contributed by atoms with Gasteiger partial charge in [-0.05, 0) is 39.3 Å². The lowest BCUT2D eigenvalue weighted by Gasteiger charge is -2.18. The van der Waals surface area contributed by atoms with Gasteiger partial charge in [0.15, 0.2) is 0 Å². The van der Waals surface area contributed by atoms with E-state index in [1.54, 1.807) is 0 Å². The van der Waals surface area contributed by atoms with Crippen molar-refractivity contribution in [2.45, 2.75) is 32.7 Å². The van der Waals surface area contributed by atoms with Crippen LogP contribution >= 0.6 is 0 Å². The van der Waals surface area contributed by atoms with E-state index in [0.29, 0.717) is 6.04 Å². The van der Waals surface area contributed by atoms with Gasteiger partial charge in [-0.25, -0.2) is 0 Å². The van der Waals surface area contributed by atoms with E-state index < -0.39 is 0 Å². The first-order chi connectivity index (χ1) is 5.25. The molecule has 0 aliphatic heterocycles. The molecule has 0 spiro atoms. The third-order valence-electron chi connectivity index (χ3n) is 2.38. The Hall–Kier alpha value is -0.560. The minimum atomic E-state index is 0.506. The third-order valence-corrected chi connectivity index (χ3v) is 2.38. The van der Waals surface area contributed by atoms with E-state index >= 15 is 0 Å². The van der Waals surface area contributed by atoms with Gasteiger partial charge in [0.05, 0.1) is 0 Å². The molecule has 1 N–H and O–H groups in total. The van der Waals surface area contributed by atoms with Crippen LogP contribution in [0.5, 0.6) is 0 Å². The lowest BCUT2D eigenvalue weighted by Crippen LogP contribution is -2.24. The molecule has 1 unspecified atom stereocenters. The summed E-state index contributed by atoms with van der Waals surface area (Å²) in [5.74, 6) is 0. The number of allylic oxidation sites excluding steroid dienone is 2. The lowest BCUT2D eigenvalue weighted by atomic mass is 9.94. The van der Waals surface area contributed by atoms with Gasteiger partial charge in [0.25, 0.3) is 0 Å². The molecule has 0 saturated carbocycles. The zero-order chi connectivity index (χ0) is 8.27. The van der Waals surface area contributed by atoms with Crippen LogP contribution in [0.1, 0.15) is 26.7 Å². The van der Waals surface area contributed by atoms with Crippen molar-refractivity contribution in [1.82, 2.24) is 5.32 Å². The van der Waals surface area contributed by atoms with Crippen molar-refractivity contribution in [2.24, 2.45) is 0 Å². The fourth-order valence-electron chi connectivity index (χ4n) is 1.47. The molecule has 0 heterocycles. The molecule has 1 rings (SSSR count). The van der Waals surface area contributed by atoms with Crippen molar-refractivity contribution >= 4 is 0 Å². The fraction of sp³-hybridized carbons (Fsp3) is 0.600. The van der Waals surface area contributed by atoms with E-state index in [0.717, 1.165) is 0 Å². The van der Waals surface area contributed by atoms with Gasteiger partial charge in [-0.1, -0.05) is 17.7 Å². The molecule has 0 aromatic carbocycles. The number of rotatable bonds is 2. The Bertz CT molecular complexity index is 189. The fourth-order valence-corrected chi connectivity index (χ4v) is 1.47. The quantitative estimate of drug-likeness (QED) is 0.638. The molecule has 0 radical (unpaired) electrons. The van der Waals surface area contributed by atoms with Crippen LogP contribution in [0.15, 0.2) is 23.3 Å². The third kappa shape index (κ3) is 1.93. The maximum absolute atomic E-state index is 3.26. The van der Waals surface area contributed by atoms with Crippen molar-refractivity contribution in [3.8, 4) is 0 Å². The molecule has 0 fully saturated rings. The predicted molar refractivity (Wildman–Crippen MR) is 49.6 cm³/mol. The summed E-state index contributed by atoms with van der Waals surface area (Å²) in [5, 5.41) is 3.26. The number of hydrogen-bond acceptors (Lipinski definition) is 1. The van der Waals surface area contributed by atoms with E-state index in [9.17, 15) is 0 Å². The van der Waals surface area contributed by atoms with Crippen LogP contribution < -0.4 is 5.32 Å². The van der Waals surface area contributed by atoms with Gasteiger partial charge in [0, 0.05) is 6.04 Å². The maximum Gasteiger partial charge on any atom is 0.0288 e. The highest BCUT2D eigenvalue weighted by Crippen LogP contribution is 2.20. The highest BCUT2D eigenvalue weighted by molar-refractivity contribution is 5.32. The van der Waals surface area contributed by atoms with Crippen molar-refractivity contribution in [2.75, 3.05) is 7.05 Å². The monoisotopic (exact) mass is 151 g/mol. The second-order valence-electron chi connectivity index (χ2n) is 3.19. The summed E-state index contributed by atoms with van der Waals surface area (Å²) < 4.78 is 0. The molecule has 0 amide bonds. The average molecular weight is 151 g/mol. The molecule has 1 aliphatic rings. The summed E-state index contributed by atoms with van der Waals surface area (Å²) in [6.45, 7) is 4.43. The van der Waals surface area contributed by atoms with Gasteiger partial charge in [-0.3, -0.25) is 0 Å². The Morgan fingerprint density at radius 3 is 2.82 bits per heavy atom. The molecule has 0 aromatic rings. The maximum atomic E-state index is 3.26. The van der Waals surface area contributed by atoms with Crippen LogP contribution in [-0.2, 0) is 0 Å². The number of nitrogens with one attached hydrogen (secondary N) is 1. The van der Waals surface area contributed by atoms with Crippen molar-refractivity contribution in [3.05, 3.63) is 23.3 Å². The summed E-state index contributed by atoms with van der Waals surface area (Å²) in [6.07, 6.45) is 6.96. The Morgan fingerprint density at radius 1 is 1.55 bits per heavy atom.